The Morgan fingerprint density at radius 2 is 1.85 bits per heavy atom. The summed E-state index contributed by atoms with van der Waals surface area (Å²) in [6.07, 6.45) is 10.8. The zero-order valence-electron chi connectivity index (χ0n) is 15.3. The number of hydrogen-bond acceptors (Lipinski definition) is 6. The van der Waals surface area contributed by atoms with Gasteiger partial charge in [0.05, 0.1) is 18.4 Å². The quantitative estimate of drug-likeness (QED) is 0.796. The number of nitrogens with zero attached hydrogens (tertiary/aromatic N) is 5. The normalized spacial score (nSPS) is 21.2. The van der Waals surface area contributed by atoms with Gasteiger partial charge in [0.25, 0.3) is 0 Å². The number of rotatable bonds is 6. The molecule has 0 N–H and O–H groups in total. The summed E-state index contributed by atoms with van der Waals surface area (Å²) in [6, 6.07) is 5.95. The smallest absolute Gasteiger partial charge is 0.225 e. The third-order valence-corrected chi connectivity index (χ3v) is 5.14. The summed E-state index contributed by atoms with van der Waals surface area (Å²) in [6.45, 7) is 5.72. The van der Waals surface area contributed by atoms with Crippen molar-refractivity contribution in [2.75, 3.05) is 31.1 Å². The van der Waals surface area contributed by atoms with E-state index in [1.165, 1.54) is 24.8 Å². The summed E-state index contributed by atoms with van der Waals surface area (Å²) < 4.78 is 6.08. The number of aromatic nitrogens is 3. The van der Waals surface area contributed by atoms with Crippen LogP contribution in [0.4, 0.5) is 5.95 Å². The third kappa shape index (κ3) is 4.56. The van der Waals surface area contributed by atoms with Gasteiger partial charge in [-0.15, -0.1) is 0 Å². The van der Waals surface area contributed by atoms with E-state index >= 15 is 0 Å². The van der Waals surface area contributed by atoms with E-state index in [1.54, 1.807) is 0 Å². The van der Waals surface area contributed by atoms with Gasteiger partial charge in [0.2, 0.25) is 5.95 Å². The molecule has 1 unspecified atom stereocenters. The van der Waals surface area contributed by atoms with Gasteiger partial charge in [-0.25, -0.2) is 9.97 Å². The Kier molecular flexibility index (Phi) is 5.72. The van der Waals surface area contributed by atoms with Crippen molar-refractivity contribution in [3.8, 4) is 0 Å². The van der Waals surface area contributed by atoms with Crippen molar-refractivity contribution in [2.45, 2.75) is 44.9 Å². The summed E-state index contributed by atoms with van der Waals surface area (Å²) in [5, 5.41) is 0. The van der Waals surface area contributed by atoms with Gasteiger partial charge in [0, 0.05) is 50.3 Å². The molecule has 4 heterocycles. The highest BCUT2D eigenvalue weighted by Crippen LogP contribution is 2.18. The maximum atomic E-state index is 6.08. The lowest BCUT2D eigenvalue weighted by molar-refractivity contribution is -0.0133. The van der Waals surface area contributed by atoms with Crippen LogP contribution < -0.4 is 4.90 Å². The molecule has 138 valence electrons. The van der Waals surface area contributed by atoms with Gasteiger partial charge in [-0.3, -0.25) is 9.88 Å². The first-order chi connectivity index (χ1) is 12.9. The summed E-state index contributed by atoms with van der Waals surface area (Å²) in [7, 11) is 0. The van der Waals surface area contributed by atoms with Crippen LogP contribution in [0.5, 0.6) is 0 Å². The maximum absolute atomic E-state index is 6.08. The van der Waals surface area contributed by atoms with Crippen LogP contribution in [0.25, 0.3) is 0 Å². The van der Waals surface area contributed by atoms with E-state index in [0.717, 1.165) is 50.8 Å². The van der Waals surface area contributed by atoms with Crippen LogP contribution in [-0.4, -0.2) is 52.1 Å². The first kappa shape index (κ1) is 17.4. The highest BCUT2D eigenvalue weighted by atomic mass is 16.5. The van der Waals surface area contributed by atoms with Crippen LogP contribution in [0.3, 0.4) is 0 Å². The summed E-state index contributed by atoms with van der Waals surface area (Å²) in [5.74, 6) is 0.876. The molecule has 0 bridgehead atoms. The Balaban J connectivity index is 1.27. The van der Waals surface area contributed by atoms with Crippen molar-refractivity contribution in [3.63, 3.8) is 0 Å². The largest absolute Gasteiger partial charge is 0.371 e. The molecule has 26 heavy (non-hydrogen) atoms. The number of piperidine rings is 1. The van der Waals surface area contributed by atoms with Gasteiger partial charge >= 0.3 is 0 Å². The number of hydrogen-bond donors (Lipinski definition) is 0. The Morgan fingerprint density at radius 3 is 2.62 bits per heavy atom. The Labute approximate surface area is 155 Å². The SMILES string of the molecule is c1ccc(COC2CCCN(Cc3cnc(N4CCCC4)nc3)C2)nc1. The second-order valence-electron chi connectivity index (χ2n) is 7.22. The molecule has 2 saturated heterocycles. The Morgan fingerprint density at radius 1 is 1.00 bits per heavy atom. The molecule has 0 aliphatic carbocycles. The van der Waals surface area contributed by atoms with Crippen molar-refractivity contribution in [1.29, 1.82) is 0 Å². The molecule has 2 aromatic heterocycles. The van der Waals surface area contributed by atoms with Crippen molar-refractivity contribution in [1.82, 2.24) is 19.9 Å². The molecule has 0 saturated carbocycles. The van der Waals surface area contributed by atoms with E-state index < -0.39 is 0 Å². The summed E-state index contributed by atoms with van der Waals surface area (Å²) in [5.41, 5.74) is 2.17. The van der Waals surface area contributed by atoms with E-state index in [4.69, 9.17) is 4.74 Å². The average Bonchev–Trinajstić information content (AvgIpc) is 3.23. The van der Waals surface area contributed by atoms with Gasteiger partial charge in [-0.05, 0) is 44.4 Å². The van der Waals surface area contributed by atoms with Crippen LogP contribution in [0, 0.1) is 0 Å². The molecule has 2 aliphatic heterocycles. The minimum absolute atomic E-state index is 0.274. The molecule has 6 nitrogen and oxygen atoms in total. The molecular weight excluding hydrogens is 326 g/mol. The first-order valence-electron chi connectivity index (χ1n) is 9.66. The van der Waals surface area contributed by atoms with Gasteiger partial charge < -0.3 is 9.64 Å². The maximum Gasteiger partial charge on any atom is 0.225 e. The van der Waals surface area contributed by atoms with E-state index in [1.807, 2.05) is 36.8 Å². The Bertz CT molecular complexity index is 672. The highest BCUT2D eigenvalue weighted by molar-refractivity contribution is 5.30. The van der Waals surface area contributed by atoms with Crippen LogP contribution in [-0.2, 0) is 17.9 Å². The van der Waals surface area contributed by atoms with Gasteiger partial charge in [0.1, 0.15) is 0 Å². The molecule has 2 fully saturated rings. The summed E-state index contributed by atoms with van der Waals surface area (Å²) >= 11 is 0. The van der Waals surface area contributed by atoms with Crippen molar-refractivity contribution < 1.29 is 4.74 Å². The fourth-order valence-electron chi connectivity index (χ4n) is 3.75. The fraction of sp³-hybridized carbons (Fsp3) is 0.550. The zero-order chi connectivity index (χ0) is 17.6. The predicted octanol–water partition coefficient (Wildman–Crippen LogP) is 2.65. The molecule has 0 spiro atoms. The third-order valence-electron chi connectivity index (χ3n) is 5.14. The number of anilines is 1. The molecule has 0 aromatic carbocycles. The minimum Gasteiger partial charge on any atom is -0.371 e. The van der Waals surface area contributed by atoms with Crippen molar-refractivity contribution in [2.24, 2.45) is 0 Å². The fourth-order valence-corrected chi connectivity index (χ4v) is 3.75. The standard InChI is InChI=1S/C20H27N5O/c1-2-8-21-18(6-1)16-26-19-7-5-9-24(15-19)14-17-12-22-20(23-13-17)25-10-3-4-11-25/h1-2,6,8,12-13,19H,3-5,7,9-11,14-16H2. The lowest BCUT2D eigenvalue weighted by atomic mass is 10.1. The van der Waals surface area contributed by atoms with Crippen molar-refractivity contribution in [3.05, 3.63) is 48.0 Å². The molecule has 6 heteroatoms. The lowest BCUT2D eigenvalue weighted by Crippen LogP contribution is -2.39. The first-order valence-corrected chi connectivity index (χ1v) is 9.66. The highest BCUT2D eigenvalue weighted by Gasteiger charge is 2.21. The molecule has 2 aliphatic rings. The van der Waals surface area contributed by atoms with Gasteiger partial charge in [-0.1, -0.05) is 6.07 Å². The molecule has 2 aromatic rings. The van der Waals surface area contributed by atoms with Crippen molar-refractivity contribution >= 4 is 5.95 Å². The van der Waals surface area contributed by atoms with E-state index in [-0.39, 0.29) is 6.10 Å². The second-order valence-corrected chi connectivity index (χ2v) is 7.22. The second kappa shape index (κ2) is 8.56. The van der Waals surface area contributed by atoms with E-state index in [2.05, 4.69) is 24.8 Å². The predicted molar refractivity (Wildman–Crippen MR) is 101 cm³/mol. The number of ether oxygens (including phenoxy) is 1. The van der Waals surface area contributed by atoms with Crippen LogP contribution in [0.15, 0.2) is 36.8 Å². The molecule has 0 radical (unpaired) electrons. The molecular formula is C20H27N5O. The summed E-state index contributed by atoms with van der Waals surface area (Å²) in [4.78, 5) is 18.2. The van der Waals surface area contributed by atoms with Crippen LogP contribution >= 0.6 is 0 Å². The van der Waals surface area contributed by atoms with E-state index in [0.29, 0.717) is 6.61 Å². The van der Waals surface area contributed by atoms with E-state index in [9.17, 15) is 0 Å². The van der Waals surface area contributed by atoms with Gasteiger partial charge in [0.15, 0.2) is 0 Å². The zero-order valence-corrected chi connectivity index (χ0v) is 15.3. The van der Waals surface area contributed by atoms with Crippen LogP contribution in [0.1, 0.15) is 36.9 Å². The molecule has 1 atom stereocenters. The lowest BCUT2D eigenvalue weighted by Gasteiger charge is -2.32. The number of likely N-dealkylation sites (tertiary alicyclic amines) is 1. The van der Waals surface area contributed by atoms with Crippen LogP contribution in [0.2, 0.25) is 0 Å². The Hall–Kier alpha value is -2.05. The number of pyridine rings is 1. The molecule has 0 amide bonds. The minimum atomic E-state index is 0.274. The van der Waals surface area contributed by atoms with Gasteiger partial charge in [-0.2, -0.15) is 0 Å². The average molecular weight is 353 g/mol. The monoisotopic (exact) mass is 353 g/mol. The molecule has 4 rings (SSSR count). The topological polar surface area (TPSA) is 54.4 Å².